The Labute approximate surface area is 199 Å². The Morgan fingerprint density at radius 1 is 1.23 bits per heavy atom. The molecule has 1 atom stereocenters. The lowest BCUT2D eigenvalue weighted by molar-refractivity contribution is -0.146. The highest BCUT2D eigenvalue weighted by Crippen LogP contribution is 2.38. The molecule has 0 fully saturated rings. The molecule has 0 N–H and O–H groups in total. The molecule has 0 bridgehead atoms. The lowest BCUT2D eigenvalue weighted by Crippen LogP contribution is -2.50. The van der Waals surface area contributed by atoms with Crippen LogP contribution in [0.15, 0.2) is 35.7 Å². The van der Waals surface area contributed by atoms with E-state index in [1.807, 2.05) is 43.0 Å². The molecule has 0 radical (unpaired) electrons. The summed E-state index contributed by atoms with van der Waals surface area (Å²) in [6, 6.07) is 9.63. The van der Waals surface area contributed by atoms with Gasteiger partial charge in [-0.3, -0.25) is 9.59 Å². The van der Waals surface area contributed by atoms with Crippen LogP contribution >= 0.6 is 34.5 Å². The maximum atomic E-state index is 13.6. The van der Waals surface area contributed by atoms with Crippen molar-refractivity contribution in [1.82, 2.24) is 9.80 Å². The first kappa shape index (κ1) is 24.1. The minimum Gasteiger partial charge on any atom is -0.333 e. The second-order valence-corrected chi connectivity index (χ2v) is 10.4. The van der Waals surface area contributed by atoms with Crippen LogP contribution in [0.5, 0.6) is 0 Å². The molecule has 168 valence electrons. The topological polar surface area (TPSA) is 40.6 Å². The maximum Gasteiger partial charge on any atom is 0.242 e. The summed E-state index contributed by atoms with van der Waals surface area (Å²) in [5, 5.41) is 2.75. The summed E-state index contributed by atoms with van der Waals surface area (Å²) in [5.41, 5.74) is 1.50. The third-order valence-electron chi connectivity index (χ3n) is 5.78. The summed E-state index contributed by atoms with van der Waals surface area (Å²) < 4.78 is 0. The van der Waals surface area contributed by atoms with Crippen molar-refractivity contribution in [1.29, 1.82) is 0 Å². The number of thiophene rings is 1. The number of halogens is 2. The van der Waals surface area contributed by atoms with Crippen LogP contribution in [0.2, 0.25) is 5.02 Å². The van der Waals surface area contributed by atoms with E-state index in [2.05, 4.69) is 18.4 Å². The highest BCUT2D eigenvalue weighted by atomic mass is 35.5. The minimum atomic E-state index is -0.701. The van der Waals surface area contributed by atoms with Gasteiger partial charge in [-0.2, -0.15) is 0 Å². The van der Waals surface area contributed by atoms with Gasteiger partial charge in [-0.15, -0.1) is 22.9 Å². The fourth-order valence-electron chi connectivity index (χ4n) is 3.93. The molecule has 3 rings (SSSR count). The van der Waals surface area contributed by atoms with Crippen molar-refractivity contribution in [2.24, 2.45) is 5.41 Å². The number of unbranched alkanes of at least 4 members (excludes halogenated alkanes) is 1. The van der Waals surface area contributed by atoms with Crippen molar-refractivity contribution in [3.63, 3.8) is 0 Å². The number of benzene rings is 1. The van der Waals surface area contributed by atoms with Crippen LogP contribution in [0.1, 0.15) is 55.7 Å². The van der Waals surface area contributed by atoms with E-state index in [9.17, 15) is 9.59 Å². The molecule has 0 saturated heterocycles. The predicted octanol–water partition coefficient (Wildman–Crippen LogP) is 5.77. The quantitative estimate of drug-likeness (QED) is 0.449. The number of fused-ring (bicyclic) bond motifs is 1. The second-order valence-electron chi connectivity index (χ2n) is 8.69. The third kappa shape index (κ3) is 5.44. The second kappa shape index (κ2) is 10.4. The summed E-state index contributed by atoms with van der Waals surface area (Å²) in [6.07, 6.45) is 2.64. The molecule has 1 aliphatic rings. The number of hydrogen-bond donors (Lipinski definition) is 0. The normalized spacial score (nSPS) is 16.2. The van der Waals surface area contributed by atoms with Gasteiger partial charge in [-0.25, -0.2) is 0 Å². The molecule has 2 aromatic rings. The first-order valence-electron chi connectivity index (χ1n) is 10.7. The molecule has 0 aliphatic carbocycles. The molecular formula is C24H30Cl2N2O2S. The van der Waals surface area contributed by atoms with Crippen molar-refractivity contribution in [2.45, 2.75) is 46.1 Å². The maximum absolute atomic E-state index is 13.6. The van der Waals surface area contributed by atoms with Gasteiger partial charge in [0.2, 0.25) is 11.8 Å². The highest BCUT2D eigenvalue weighted by Gasteiger charge is 2.36. The number of carbonyl (C=O) groups is 2. The number of nitrogens with zero attached hydrogens (tertiary/aromatic N) is 2. The average molecular weight is 481 g/mol. The van der Waals surface area contributed by atoms with Gasteiger partial charge >= 0.3 is 0 Å². The van der Waals surface area contributed by atoms with Gasteiger partial charge in [0.1, 0.15) is 0 Å². The van der Waals surface area contributed by atoms with E-state index in [-0.39, 0.29) is 30.3 Å². The Morgan fingerprint density at radius 3 is 2.58 bits per heavy atom. The summed E-state index contributed by atoms with van der Waals surface area (Å²) in [7, 11) is 0. The molecule has 4 nitrogen and oxygen atoms in total. The molecule has 0 spiro atoms. The van der Waals surface area contributed by atoms with E-state index in [0.29, 0.717) is 18.1 Å². The van der Waals surface area contributed by atoms with Crippen LogP contribution in [-0.4, -0.2) is 47.1 Å². The standard InChI is InChI=1S/C24H30Cl2N2O2S/c1-4-5-12-27(23(30)24(2,3)16-25)15-21(29)28-13-10-20-19(11-14-31-20)22(28)17-6-8-18(26)9-7-17/h6-9,11,14,22H,4-5,10,12-13,15-16H2,1-3H3. The van der Waals surface area contributed by atoms with Gasteiger partial charge < -0.3 is 9.80 Å². The van der Waals surface area contributed by atoms with E-state index in [0.717, 1.165) is 24.8 Å². The Balaban J connectivity index is 1.88. The van der Waals surface area contributed by atoms with Crippen molar-refractivity contribution in [2.75, 3.05) is 25.5 Å². The van der Waals surface area contributed by atoms with Gasteiger partial charge in [0.05, 0.1) is 18.0 Å². The number of amides is 2. The molecule has 31 heavy (non-hydrogen) atoms. The van der Waals surface area contributed by atoms with Crippen molar-refractivity contribution in [3.05, 3.63) is 56.7 Å². The van der Waals surface area contributed by atoms with Gasteiger partial charge in [-0.05, 0) is 61.4 Å². The van der Waals surface area contributed by atoms with E-state index < -0.39 is 5.41 Å². The Kier molecular flexibility index (Phi) is 8.06. The largest absolute Gasteiger partial charge is 0.333 e. The summed E-state index contributed by atoms with van der Waals surface area (Å²) in [4.78, 5) is 31.6. The average Bonchev–Trinajstić information content (AvgIpc) is 3.24. The monoisotopic (exact) mass is 480 g/mol. The molecule has 0 saturated carbocycles. The first-order valence-corrected chi connectivity index (χ1v) is 12.5. The van der Waals surface area contributed by atoms with Crippen LogP contribution in [0.3, 0.4) is 0 Å². The smallest absolute Gasteiger partial charge is 0.242 e. The molecular weight excluding hydrogens is 451 g/mol. The Hall–Kier alpha value is -1.56. The predicted molar refractivity (Wildman–Crippen MR) is 129 cm³/mol. The van der Waals surface area contributed by atoms with E-state index >= 15 is 0 Å². The third-order valence-corrected chi connectivity index (χ3v) is 7.70. The molecule has 2 heterocycles. The van der Waals surface area contributed by atoms with Crippen LogP contribution in [-0.2, 0) is 16.0 Å². The molecule has 7 heteroatoms. The van der Waals surface area contributed by atoms with Gasteiger partial charge in [0, 0.05) is 28.9 Å². The zero-order chi connectivity index (χ0) is 22.6. The first-order chi connectivity index (χ1) is 14.8. The van der Waals surface area contributed by atoms with Crippen LogP contribution in [0.25, 0.3) is 0 Å². The molecule has 2 amide bonds. The van der Waals surface area contributed by atoms with Crippen LogP contribution in [0, 0.1) is 5.41 Å². The van der Waals surface area contributed by atoms with Crippen molar-refractivity contribution < 1.29 is 9.59 Å². The zero-order valence-corrected chi connectivity index (χ0v) is 20.7. The fraction of sp³-hybridized carbons (Fsp3) is 0.500. The lowest BCUT2D eigenvalue weighted by Gasteiger charge is -2.38. The minimum absolute atomic E-state index is 0.0355. The summed E-state index contributed by atoms with van der Waals surface area (Å²) in [5.74, 6) is 0.116. The SMILES string of the molecule is CCCCN(CC(=O)N1CCc2sccc2C1c1ccc(Cl)cc1)C(=O)C(C)(C)CCl. The zero-order valence-electron chi connectivity index (χ0n) is 18.4. The number of rotatable bonds is 8. The van der Waals surface area contributed by atoms with E-state index in [1.54, 1.807) is 16.2 Å². The van der Waals surface area contributed by atoms with E-state index in [4.69, 9.17) is 23.2 Å². The van der Waals surface area contributed by atoms with Crippen molar-refractivity contribution >= 4 is 46.4 Å². The Bertz CT molecular complexity index is 911. The lowest BCUT2D eigenvalue weighted by atomic mass is 9.92. The molecule has 1 aliphatic heterocycles. The number of hydrogen-bond acceptors (Lipinski definition) is 3. The molecule has 1 aromatic heterocycles. The molecule has 1 aromatic carbocycles. The van der Waals surface area contributed by atoms with Crippen molar-refractivity contribution in [3.8, 4) is 0 Å². The summed E-state index contributed by atoms with van der Waals surface area (Å²) in [6.45, 7) is 7.01. The van der Waals surface area contributed by atoms with E-state index in [1.165, 1.54) is 10.4 Å². The summed E-state index contributed by atoms with van der Waals surface area (Å²) >= 11 is 13.9. The van der Waals surface area contributed by atoms with Crippen LogP contribution < -0.4 is 0 Å². The fourth-order valence-corrected chi connectivity index (χ4v) is 5.07. The van der Waals surface area contributed by atoms with Gasteiger partial charge in [0.15, 0.2) is 0 Å². The number of alkyl halides is 1. The van der Waals surface area contributed by atoms with Gasteiger partial charge in [0.25, 0.3) is 0 Å². The molecule has 1 unspecified atom stereocenters. The van der Waals surface area contributed by atoms with Gasteiger partial charge in [-0.1, -0.05) is 37.1 Å². The highest BCUT2D eigenvalue weighted by molar-refractivity contribution is 7.10. The van der Waals surface area contributed by atoms with Crippen LogP contribution in [0.4, 0.5) is 0 Å². The number of carbonyl (C=O) groups excluding carboxylic acids is 2. The Morgan fingerprint density at radius 2 is 1.94 bits per heavy atom.